The molecule has 1 aromatic carbocycles. The van der Waals surface area contributed by atoms with Gasteiger partial charge >= 0.3 is 0 Å². The molecule has 0 bridgehead atoms. The van der Waals surface area contributed by atoms with Crippen molar-refractivity contribution in [2.24, 2.45) is 0 Å². The normalized spacial score (nSPS) is 10.9. The topological polar surface area (TPSA) is 86.9 Å². The minimum atomic E-state index is 0.318. The summed E-state index contributed by atoms with van der Waals surface area (Å²) in [5, 5.41) is 0. The van der Waals surface area contributed by atoms with Gasteiger partial charge in [0.25, 0.3) is 5.82 Å². The van der Waals surface area contributed by atoms with Crippen molar-refractivity contribution in [3.8, 4) is 28.3 Å². The zero-order chi connectivity index (χ0) is 22.1. The minimum absolute atomic E-state index is 0.318. The Labute approximate surface area is 189 Å². The zero-order valence-corrected chi connectivity index (χ0v) is 17.5. The van der Waals surface area contributed by atoms with E-state index < -0.39 is 0 Å². The van der Waals surface area contributed by atoms with E-state index in [2.05, 4.69) is 14.8 Å². The molecule has 0 radical (unpaired) electrons. The quantitative estimate of drug-likeness (QED) is 0.300. The highest BCUT2D eigenvalue weighted by Crippen LogP contribution is 2.32. The van der Waals surface area contributed by atoms with Crippen LogP contribution in [0.4, 0.5) is 11.6 Å². The molecule has 0 amide bonds. The first-order chi connectivity index (χ1) is 15.7. The van der Waals surface area contributed by atoms with E-state index >= 15 is 0 Å². The number of hydrogen-bond acceptors (Lipinski definition) is 5. The minimum Gasteiger partial charge on any atom is -0.383 e. The summed E-state index contributed by atoms with van der Waals surface area (Å²) in [5.74, 6) is 1.78. The smallest absolute Gasteiger partial charge is 0.270 e. The molecule has 4 aromatic heterocycles. The summed E-state index contributed by atoms with van der Waals surface area (Å²) in [6.07, 6.45) is 3.26. The Morgan fingerprint density at radius 3 is 2.56 bits per heavy atom. The summed E-state index contributed by atoms with van der Waals surface area (Å²) in [7, 11) is 0. The van der Waals surface area contributed by atoms with Gasteiger partial charge in [0, 0.05) is 17.8 Å². The molecule has 5 rings (SSSR count). The van der Waals surface area contributed by atoms with Crippen LogP contribution in [-0.2, 0) is 5.88 Å². The first-order valence-corrected chi connectivity index (χ1v) is 10.3. The van der Waals surface area contributed by atoms with Crippen LogP contribution in [0.5, 0.6) is 0 Å². The van der Waals surface area contributed by atoms with Crippen molar-refractivity contribution in [3.05, 3.63) is 90.0 Å². The van der Waals surface area contributed by atoms with Gasteiger partial charge in [-0.2, -0.15) is 0 Å². The van der Waals surface area contributed by atoms with Gasteiger partial charge in [-0.1, -0.05) is 18.7 Å². The second kappa shape index (κ2) is 8.10. The van der Waals surface area contributed by atoms with Crippen LogP contribution in [0.25, 0.3) is 44.3 Å². The summed E-state index contributed by atoms with van der Waals surface area (Å²) in [4.78, 5) is 21.4. The SMILES string of the molecule is [C-]#[N+]c1cc(-c2ccc3nc(-c4cccnc4N)n(-c4ccc(CCl)cc4)c3n2)ccn1. The van der Waals surface area contributed by atoms with Crippen LogP contribution in [0.1, 0.15) is 5.56 Å². The Morgan fingerprint density at radius 1 is 0.969 bits per heavy atom. The number of rotatable bonds is 4. The van der Waals surface area contributed by atoms with E-state index in [-0.39, 0.29) is 0 Å². The van der Waals surface area contributed by atoms with Crippen molar-refractivity contribution in [1.29, 1.82) is 0 Å². The van der Waals surface area contributed by atoms with E-state index in [9.17, 15) is 0 Å². The second-order valence-corrected chi connectivity index (χ2v) is 7.33. The fourth-order valence-corrected chi connectivity index (χ4v) is 3.70. The third-order valence-electron chi connectivity index (χ3n) is 5.09. The lowest BCUT2D eigenvalue weighted by atomic mass is 10.1. The molecule has 0 saturated heterocycles. The van der Waals surface area contributed by atoms with E-state index in [1.807, 2.05) is 59.2 Å². The number of hydrogen-bond donors (Lipinski definition) is 1. The largest absolute Gasteiger partial charge is 0.383 e. The number of benzene rings is 1. The highest BCUT2D eigenvalue weighted by atomic mass is 35.5. The average Bonchev–Trinajstić information content (AvgIpc) is 3.23. The first-order valence-electron chi connectivity index (χ1n) is 9.77. The summed E-state index contributed by atoms with van der Waals surface area (Å²) >= 11 is 5.98. The summed E-state index contributed by atoms with van der Waals surface area (Å²) in [6, 6.07) is 19.0. The van der Waals surface area contributed by atoms with Gasteiger partial charge in [-0.05, 0) is 59.7 Å². The van der Waals surface area contributed by atoms with E-state index in [0.29, 0.717) is 45.8 Å². The maximum absolute atomic E-state index is 7.23. The standard InChI is InChI=1S/C24H16ClN7/c1-27-21-13-16(10-12-28-21)19-8-9-20-24(30-19)32(17-6-4-15(14-25)5-7-17)23(31-20)18-3-2-11-29-22(18)26/h2-13H,14H2,(H2,26,29). The molecule has 4 heterocycles. The molecule has 0 saturated carbocycles. The molecule has 5 aromatic rings. The van der Waals surface area contributed by atoms with Crippen molar-refractivity contribution in [3.63, 3.8) is 0 Å². The summed E-state index contributed by atoms with van der Waals surface area (Å²) in [5.41, 5.74) is 11.7. The van der Waals surface area contributed by atoms with Gasteiger partial charge in [0.2, 0.25) is 0 Å². The van der Waals surface area contributed by atoms with E-state index in [4.69, 9.17) is 33.9 Å². The molecular weight excluding hydrogens is 422 g/mol. The van der Waals surface area contributed by atoms with Crippen LogP contribution < -0.4 is 5.73 Å². The number of nitrogens with zero attached hydrogens (tertiary/aromatic N) is 6. The van der Waals surface area contributed by atoms with E-state index in [1.165, 1.54) is 0 Å². The molecular formula is C24H16ClN7. The maximum atomic E-state index is 7.23. The van der Waals surface area contributed by atoms with Crippen molar-refractivity contribution < 1.29 is 0 Å². The lowest BCUT2D eigenvalue weighted by Gasteiger charge is -2.11. The van der Waals surface area contributed by atoms with Gasteiger partial charge in [-0.3, -0.25) is 4.57 Å². The summed E-state index contributed by atoms with van der Waals surface area (Å²) < 4.78 is 1.96. The lowest BCUT2D eigenvalue weighted by molar-refractivity contribution is 1.07. The van der Waals surface area contributed by atoms with Crippen LogP contribution >= 0.6 is 11.6 Å². The van der Waals surface area contributed by atoms with Gasteiger partial charge < -0.3 is 10.6 Å². The van der Waals surface area contributed by atoms with E-state index in [0.717, 1.165) is 16.8 Å². The number of pyridine rings is 3. The lowest BCUT2D eigenvalue weighted by Crippen LogP contribution is -2.02. The Morgan fingerprint density at radius 2 is 1.81 bits per heavy atom. The van der Waals surface area contributed by atoms with Crippen molar-refractivity contribution in [2.45, 2.75) is 5.88 Å². The fourth-order valence-electron chi connectivity index (χ4n) is 3.52. The molecule has 0 aliphatic carbocycles. The molecule has 154 valence electrons. The molecule has 0 unspecified atom stereocenters. The van der Waals surface area contributed by atoms with Crippen LogP contribution in [0.3, 0.4) is 0 Å². The van der Waals surface area contributed by atoms with Crippen molar-refractivity contribution in [2.75, 3.05) is 5.73 Å². The maximum Gasteiger partial charge on any atom is 0.270 e. The van der Waals surface area contributed by atoms with Crippen LogP contribution in [-0.4, -0.2) is 24.5 Å². The molecule has 0 atom stereocenters. The van der Waals surface area contributed by atoms with Crippen molar-refractivity contribution >= 4 is 34.4 Å². The number of aromatic nitrogens is 5. The number of nitrogen functional groups attached to an aromatic ring is 1. The number of alkyl halides is 1. The van der Waals surface area contributed by atoms with Crippen LogP contribution in [0.15, 0.2) is 73.1 Å². The van der Waals surface area contributed by atoms with Crippen molar-refractivity contribution in [1.82, 2.24) is 24.5 Å². The third kappa shape index (κ3) is 3.43. The predicted octanol–water partition coefficient (Wildman–Crippen LogP) is 5.42. The Hall–Kier alpha value is -4.28. The van der Waals surface area contributed by atoms with Gasteiger partial charge in [0.05, 0.1) is 11.3 Å². The number of imidazole rings is 1. The highest BCUT2D eigenvalue weighted by Gasteiger charge is 2.18. The number of anilines is 1. The Bertz CT molecular complexity index is 1480. The van der Waals surface area contributed by atoms with Gasteiger partial charge in [0.15, 0.2) is 11.5 Å². The molecule has 2 N–H and O–H groups in total. The van der Waals surface area contributed by atoms with Crippen LogP contribution in [0, 0.1) is 6.57 Å². The molecule has 0 fully saturated rings. The number of halogens is 1. The third-order valence-corrected chi connectivity index (χ3v) is 5.40. The molecule has 7 nitrogen and oxygen atoms in total. The van der Waals surface area contributed by atoms with Gasteiger partial charge in [-0.25, -0.2) is 15.0 Å². The second-order valence-electron chi connectivity index (χ2n) is 7.06. The zero-order valence-electron chi connectivity index (χ0n) is 16.8. The molecule has 8 heteroatoms. The Balaban J connectivity index is 1.78. The highest BCUT2D eigenvalue weighted by molar-refractivity contribution is 6.17. The molecule has 32 heavy (non-hydrogen) atoms. The molecule has 0 aliphatic heterocycles. The van der Waals surface area contributed by atoms with Gasteiger partial charge in [0.1, 0.15) is 17.5 Å². The number of fused-ring (bicyclic) bond motifs is 1. The predicted molar refractivity (Wildman–Crippen MR) is 126 cm³/mol. The van der Waals surface area contributed by atoms with Crippen LogP contribution in [0.2, 0.25) is 0 Å². The Kier molecular flexibility index (Phi) is 4.98. The molecule has 0 spiro atoms. The monoisotopic (exact) mass is 437 g/mol. The number of nitrogens with two attached hydrogens (primary N) is 1. The molecule has 0 aliphatic rings. The first kappa shape index (κ1) is 19.7. The average molecular weight is 438 g/mol. The summed E-state index contributed by atoms with van der Waals surface area (Å²) in [6.45, 7) is 7.23. The fraction of sp³-hybridized carbons (Fsp3) is 0.0417. The van der Waals surface area contributed by atoms with E-state index in [1.54, 1.807) is 18.5 Å². The van der Waals surface area contributed by atoms with Gasteiger partial charge in [-0.15, -0.1) is 16.6 Å².